The summed E-state index contributed by atoms with van der Waals surface area (Å²) in [6, 6.07) is 5.72. The van der Waals surface area contributed by atoms with Crippen LogP contribution >= 0.6 is 0 Å². The number of nitrogens with zero attached hydrogens (tertiary/aromatic N) is 2. The number of rotatable bonds is 0. The first kappa shape index (κ1) is 11.4. The van der Waals surface area contributed by atoms with Crippen molar-refractivity contribution in [3.63, 3.8) is 0 Å². The fourth-order valence-electron chi connectivity index (χ4n) is 0.576. The van der Waals surface area contributed by atoms with Gasteiger partial charge in [-0.05, 0) is 12.1 Å². The Kier molecular flexibility index (Phi) is 8.10. The molecule has 2 rings (SSSR count). The normalized spacial score (nSPS) is 12.0. The third-order valence-electron chi connectivity index (χ3n) is 1.05. The van der Waals surface area contributed by atoms with Crippen LogP contribution in [0.4, 0.5) is 0 Å². The zero-order valence-corrected chi connectivity index (χ0v) is 10.9. The van der Waals surface area contributed by atoms with Crippen molar-refractivity contribution in [1.29, 1.82) is 0 Å². The summed E-state index contributed by atoms with van der Waals surface area (Å²) in [5.41, 5.74) is 0. The van der Waals surface area contributed by atoms with Crippen molar-refractivity contribution in [2.24, 2.45) is 4.99 Å². The second-order valence-electron chi connectivity index (χ2n) is 1.91. The molecule has 1 aromatic rings. The van der Waals surface area contributed by atoms with Crippen LogP contribution in [-0.4, -0.2) is 48.4 Å². The first-order valence-corrected chi connectivity index (χ1v) is 3.45. The van der Waals surface area contributed by atoms with Crippen molar-refractivity contribution in [3.8, 4) is 0 Å². The molecule has 0 spiro atoms. The molecule has 2 heterocycles. The summed E-state index contributed by atoms with van der Waals surface area (Å²) in [6.45, 7) is 1.62. The van der Waals surface area contributed by atoms with Crippen molar-refractivity contribution in [1.82, 2.24) is 4.98 Å². The van der Waals surface area contributed by atoms with Crippen LogP contribution < -0.4 is 0 Å². The SMILES string of the molecule is C1=NCCO1.[SnH2].c1ccncc1. The summed E-state index contributed by atoms with van der Waals surface area (Å²) in [5.74, 6) is 0. The predicted octanol–water partition coefficient (Wildman–Crippen LogP) is 0.210. The Balaban J connectivity index is 0.000000189. The molecule has 0 atom stereocenters. The van der Waals surface area contributed by atoms with Crippen LogP contribution in [0.3, 0.4) is 0 Å². The van der Waals surface area contributed by atoms with Gasteiger partial charge in [-0.25, -0.2) is 0 Å². The molecule has 1 aromatic heterocycles. The fraction of sp³-hybridized carbons (Fsp3) is 0.250. The number of pyridine rings is 1. The number of ether oxygens (including phenoxy) is 1. The molecule has 1 aliphatic rings. The van der Waals surface area contributed by atoms with E-state index in [9.17, 15) is 0 Å². The molecule has 12 heavy (non-hydrogen) atoms. The first-order valence-electron chi connectivity index (χ1n) is 3.45. The zero-order valence-electron chi connectivity index (χ0n) is 6.89. The quantitative estimate of drug-likeness (QED) is 0.632. The minimum atomic E-state index is 0. The van der Waals surface area contributed by atoms with Crippen molar-refractivity contribution in [2.75, 3.05) is 13.2 Å². The molecule has 0 N–H and O–H groups in total. The summed E-state index contributed by atoms with van der Waals surface area (Å²) in [7, 11) is 0. The Morgan fingerprint density at radius 2 is 1.83 bits per heavy atom. The van der Waals surface area contributed by atoms with E-state index >= 15 is 0 Å². The van der Waals surface area contributed by atoms with Gasteiger partial charge in [-0.1, -0.05) is 6.07 Å². The molecule has 64 valence electrons. The van der Waals surface area contributed by atoms with Crippen LogP contribution in [-0.2, 0) is 4.74 Å². The summed E-state index contributed by atoms with van der Waals surface area (Å²) in [4.78, 5) is 7.52. The Labute approximate surface area is 88.8 Å². The van der Waals surface area contributed by atoms with Crippen LogP contribution in [0.1, 0.15) is 0 Å². The third-order valence-corrected chi connectivity index (χ3v) is 1.05. The van der Waals surface area contributed by atoms with Crippen LogP contribution in [0.2, 0.25) is 0 Å². The average Bonchev–Trinajstić information content (AvgIpc) is 2.64. The molecule has 0 aliphatic carbocycles. The summed E-state index contributed by atoms with van der Waals surface area (Å²) in [5, 5.41) is 0. The van der Waals surface area contributed by atoms with Crippen LogP contribution in [0.15, 0.2) is 35.6 Å². The molecule has 3 nitrogen and oxygen atoms in total. The Hall–Kier alpha value is -0.581. The molecular formula is C8H12N2OSn. The fourth-order valence-corrected chi connectivity index (χ4v) is 0.576. The van der Waals surface area contributed by atoms with Crippen molar-refractivity contribution < 1.29 is 4.74 Å². The van der Waals surface area contributed by atoms with Gasteiger partial charge in [0.1, 0.15) is 6.61 Å². The number of aliphatic imine (C=N–C) groups is 1. The van der Waals surface area contributed by atoms with Gasteiger partial charge in [0, 0.05) is 12.4 Å². The average molecular weight is 271 g/mol. The van der Waals surface area contributed by atoms with E-state index in [-0.39, 0.29) is 23.9 Å². The van der Waals surface area contributed by atoms with Crippen molar-refractivity contribution >= 4 is 30.3 Å². The van der Waals surface area contributed by atoms with E-state index in [1.807, 2.05) is 18.2 Å². The molecule has 0 unspecified atom stereocenters. The molecule has 1 aliphatic heterocycles. The molecular weight excluding hydrogens is 259 g/mol. The molecule has 0 saturated carbocycles. The predicted molar refractivity (Wildman–Crippen MR) is 52.1 cm³/mol. The molecule has 0 saturated heterocycles. The maximum absolute atomic E-state index is 4.65. The minimum Gasteiger partial charge on any atom is -0.265 e. The number of aromatic nitrogens is 1. The van der Waals surface area contributed by atoms with E-state index in [0.29, 0.717) is 0 Å². The summed E-state index contributed by atoms with van der Waals surface area (Å²) in [6.07, 6.45) is 4.99. The van der Waals surface area contributed by atoms with E-state index in [0.717, 1.165) is 13.2 Å². The second-order valence-corrected chi connectivity index (χ2v) is 1.91. The molecule has 0 aromatic carbocycles. The molecule has 0 amide bonds. The largest absolute Gasteiger partial charge is 0.265 e. The van der Waals surface area contributed by atoms with E-state index in [1.165, 1.54) is 6.40 Å². The summed E-state index contributed by atoms with van der Waals surface area (Å²) < 4.78 is 4.65. The maximum atomic E-state index is 4.65. The molecule has 4 heteroatoms. The Morgan fingerprint density at radius 1 is 1.08 bits per heavy atom. The second kappa shape index (κ2) is 8.51. The van der Waals surface area contributed by atoms with Crippen molar-refractivity contribution in [3.05, 3.63) is 30.6 Å². The van der Waals surface area contributed by atoms with Gasteiger partial charge >= 0.3 is 23.9 Å². The molecule has 2 radical (unpaired) electrons. The van der Waals surface area contributed by atoms with Gasteiger partial charge in [0.2, 0.25) is 0 Å². The van der Waals surface area contributed by atoms with Crippen LogP contribution in [0, 0.1) is 0 Å². The summed E-state index contributed by atoms with van der Waals surface area (Å²) >= 11 is 0. The first-order chi connectivity index (χ1) is 5.50. The van der Waals surface area contributed by atoms with Crippen LogP contribution in [0.5, 0.6) is 0 Å². The van der Waals surface area contributed by atoms with Gasteiger partial charge < -0.3 is 4.74 Å². The van der Waals surface area contributed by atoms with Gasteiger partial charge in [-0.2, -0.15) is 0 Å². The number of hydrogen-bond acceptors (Lipinski definition) is 3. The van der Waals surface area contributed by atoms with E-state index in [1.54, 1.807) is 12.4 Å². The number of hydrogen-bond donors (Lipinski definition) is 0. The Bertz CT molecular complexity index is 171. The van der Waals surface area contributed by atoms with E-state index in [4.69, 9.17) is 0 Å². The van der Waals surface area contributed by atoms with Gasteiger partial charge in [-0.3, -0.25) is 9.98 Å². The molecule has 0 bridgehead atoms. The van der Waals surface area contributed by atoms with Gasteiger partial charge in [0.15, 0.2) is 6.40 Å². The monoisotopic (exact) mass is 272 g/mol. The van der Waals surface area contributed by atoms with Gasteiger partial charge in [0.25, 0.3) is 0 Å². The van der Waals surface area contributed by atoms with Crippen LogP contribution in [0.25, 0.3) is 0 Å². The minimum absolute atomic E-state index is 0. The van der Waals surface area contributed by atoms with Gasteiger partial charge in [-0.15, -0.1) is 0 Å². The van der Waals surface area contributed by atoms with E-state index < -0.39 is 0 Å². The molecule has 0 fully saturated rings. The topological polar surface area (TPSA) is 34.5 Å². The maximum Gasteiger partial charge on any atom is 0.0267 e. The van der Waals surface area contributed by atoms with E-state index in [2.05, 4.69) is 14.7 Å². The van der Waals surface area contributed by atoms with Crippen molar-refractivity contribution in [2.45, 2.75) is 0 Å². The third kappa shape index (κ3) is 6.15. The smallest absolute Gasteiger partial charge is 0.0267 e. The Morgan fingerprint density at radius 3 is 2.00 bits per heavy atom. The zero-order chi connectivity index (χ0) is 7.78. The standard InChI is InChI=1S/C5H5N.C3H5NO.Sn.2H/c1-2-4-6-5-3-1;1-2-5-3-4-1;;;/h1-5H;3H,1-2H2;;;. The van der Waals surface area contributed by atoms with Gasteiger partial charge in [0.05, 0.1) is 6.54 Å².